The van der Waals surface area contributed by atoms with Gasteiger partial charge in [0.15, 0.2) is 0 Å². The van der Waals surface area contributed by atoms with Gasteiger partial charge in [-0.3, -0.25) is 14.8 Å². The van der Waals surface area contributed by atoms with Crippen LogP contribution in [0.15, 0.2) is 41.9 Å². The lowest BCUT2D eigenvalue weighted by Crippen LogP contribution is -2.67. The molecule has 0 spiro atoms. The molecule has 13 nitrogen and oxygen atoms in total. The van der Waals surface area contributed by atoms with Crippen molar-refractivity contribution < 1.29 is 28.6 Å². The van der Waals surface area contributed by atoms with Crippen molar-refractivity contribution in [2.45, 2.75) is 97.5 Å². The summed E-state index contributed by atoms with van der Waals surface area (Å²) in [5.74, 6) is -0.468. The van der Waals surface area contributed by atoms with Crippen LogP contribution in [0.2, 0.25) is 0 Å². The van der Waals surface area contributed by atoms with Crippen LogP contribution in [0, 0.1) is 11.3 Å². The Morgan fingerprint density at radius 2 is 2.00 bits per heavy atom. The molecule has 4 aromatic rings. The third kappa shape index (κ3) is 7.56. The molecule has 0 saturated carbocycles. The van der Waals surface area contributed by atoms with Crippen LogP contribution in [-0.4, -0.2) is 100 Å². The topological polar surface area (TPSA) is 140 Å². The number of carbonyl (C=O) groups excluding carboxylic acids is 3. The molecule has 3 aromatic heterocycles. The fraction of sp³-hybridized carbons (Fsp3) is 0.548. The highest BCUT2D eigenvalue weighted by Gasteiger charge is 2.44. The summed E-state index contributed by atoms with van der Waals surface area (Å²) < 4.78 is 19.7. The van der Waals surface area contributed by atoms with Crippen LogP contribution in [0.25, 0.3) is 33.4 Å². The Morgan fingerprint density at radius 1 is 1.20 bits per heavy atom. The average Bonchev–Trinajstić information content (AvgIpc) is 3.78. The summed E-state index contributed by atoms with van der Waals surface area (Å²) in [5, 5.41) is 8.33. The zero-order chi connectivity index (χ0) is 39.9. The van der Waals surface area contributed by atoms with Gasteiger partial charge in [0, 0.05) is 79.3 Å². The number of nitrogens with one attached hydrogen (secondary N) is 2. The van der Waals surface area contributed by atoms with Gasteiger partial charge < -0.3 is 29.0 Å². The van der Waals surface area contributed by atoms with Crippen molar-refractivity contribution in [1.29, 1.82) is 0 Å². The molecule has 3 amide bonds. The number of fused-ring (bicyclic) bond motifs is 6. The van der Waals surface area contributed by atoms with Crippen LogP contribution in [-0.2, 0) is 43.2 Å². The van der Waals surface area contributed by atoms with Gasteiger partial charge in [-0.2, -0.15) is 0 Å². The summed E-state index contributed by atoms with van der Waals surface area (Å²) in [7, 11) is 3.32. The number of esters is 1. The number of likely N-dealkylation sites (tertiary alicyclic amines) is 1. The maximum absolute atomic E-state index is 14.4. The van der Waals surface area contributed by atoms with Gasteiger partial charge in [-0.05, 0) is 75.8 Å². The van der Waals surface area contributed by atoms with E-state index in [0.29, 0.717) is 44.0 Å². The zero-order valence-electron chi connectivity index (χ0n) is 33.8. The lowest BCUT2D eigenvalue weighted by atomic mass is 9.84. The minimum Gasteiger partial charge on any atom is -0.464 e. The van der Waals surface area contributed by atoms with Gasteiger partial charge in [-0.15, -0.1) is 11.3 Å². The number of hydrogen-bond donors (Lipinski definition) is 2. The van der Waals surface area contributed by atoms with Crippen molar-refractivity contribution in [3.05, 3.63) is 58.2 Å². The molecule has 7 rings (SSSR count). The summed E-state index contributed by atoms with van der Waals surface area (Å²) in [5.41, 5.74) is 8.48. The summed E-state index contributed by atoms with van der Waals surface area (Å²) in [6.07, 6.45) is 3.44. The summed E-state index contributed by atoms with van der Waals surface area (Å²) in [6.45, 7) is 14.5. The van der Waals surface area contributed by atoms with Gasteiger partial charge in [0.05, 0.1) is 47.4 Å². The molecule has 0 radical (unpaired) electrons. The number of methoxy groups -OCH3 is 2. The summed E-state index contributed by atoms with van der Waals surface area (Å²) in [4.78, 5) is 53.7. The number of aryl methyl sites for hydroxylation is 1. The number of hydrogen-bond acceptors (Lipinski definition) is 10. The highest BCUT2D eigenvalue weighted by atomic mass is 32.1. The van der Waals surface area contributed by atoms with E-state index in [4.69, 9.17) is 24.2 Å². The van der Waals surface area contributed by atoms with Crippen LogP contribution < -0.4 is 10.7 Å². The predicted octanol–water partition coefficient (Wildman–Crippen LogP) is 6.15. The zero-order valence-corrected chi connectivity index (χ0v) is 34.6. The van der Waals surface area contributed by atoms with Crippen molar-refractivity contribution in [3.8, 4) is 22.5 Å². The van der Waals surface area contributed by atoms with Crippen LogP contribution in [0.5, 0.6) is 0 Å². The van der Waals surface area contributed by atoms with Crippen LogP contribution in [0.3, 0.4) is 0 Å². The predicted molar refractivity (Wildman–Crippen MR) is 216 cm³/mol. The molecule has 56 heavy (non-hydrogen) atoms. The Hall–Kier alpha value is -4.37. The fourth-order valence-electron chi connectivity index (χ4n) is 8.44. The van der Waals surface area contributed by atoms with Crippen molar-refractivity contribution in [2.75, 3.05) is 40.5 Å². The van der Waals surface area contributed by atoms with Gasteiger partial charge in [-0.1, -0.05) is 26.8 Å². The first-order valence-corrected chi connectivity index (χ1v) is 20.6. The number of amides is 3. The lowest BCUT2D eigenvalue weighted by molar-refractivity contribution is -0.162. The molecule has 1 aromatic carbocycles. The minimum absolute atomic E-state index is 0.0766. The van der Waals surface area contributed by atoms with E-state index < -0.39 is 23.0 Å². The Kier molecular flexibility index (Phi) is 11.3. The third-order valence-corrected chi connectivity index (χ3v) is 12.6. The number of nitrogens with zero attached hydrogens (tertiary/aromatic N) is 5. The molecular weight excluding hydrogens is 731 g/mol. The van der Waals surface area contributed by atoms with E-state index >= 15 is 0 Å². The summed E-state index contributed by atoms with van der Waals surface area (Å²) in [6, 6.07) is 9.19. The Labute approximate surface area is 333 Å². The van der Waals surface area contributed by atoms with Gasteiger partial charge in [0.25, 0.3) is 5.91 Å². The van der Waals surface area contributed by atoms with Gasteiger partial charge >= 0.3 is 12.0 Å². The van der Waals surface area contributed by atoms with E-state index in [0.717, 1.165) is 51.2 Å². The lowest BCUT2D eigenvalue weighted by Gasteiger charge is -2.46. The van der Waals surface area contributed by atoms with E-state index in [1.165, 1.54) is 16.3 Å². The normalized spacial score (nSPS) is 24.7. The summed E-state index contributed by atoms with van der Waals surface area (Å²) >= 11 is 1.46. The van der Waals surface area contributed by atoms with Crippen LogP contribution >= 0.6 is 11.3 Å². The maximum atomic E-state index is 14.4. The molecular formula is C42H55N7O6S. The first-order chi connectivity index (χ1) is 26.8. The van der Waals surface area contributed by atoms with Crippen LogP contribution in [0.4, 0.5) is 4.79 Å². The standard InChI is InChI=1S/C42H55N7O6S/c1-9-47-33-14-13-27-18-29(33)30(37(47)28-12-10-16-43-36(28)26(3)54-8)20-41(4,5)24-55-39(51)42(6)15-11-17-49(46-42)38(50)31(19-35-44-32(27)23-56-35)45-40(52)48-21-25(2)34(48)22-53-7/h10,12-14,16,18,23,25-26,31,34,46H,9,11,15,17,19-22,24H2,1-8H3,(H,45,52)/t25-,26-,31-,34+,42+/m0/s1. The highest BCUT2D eigenvalue weighted by molar-refractivity contribution is 7.10. The number of urea groups is 1. The second-order valence-electron chi connectivity index (χ2n) is 16.6. The number of cyclic esters (lactones) is 1. The fourth-order valence-corrected chi connectivity index (χ4v) is 9.29. The van der Waals surface area contributed by atoms with E-state index in [1.807, 2.05) is 18.4 Å². The van der Waals surface area contributed by atoms with Gasteiger partial charge in [0.1, 0.15) is 11.6 Å². The SMILES string of the molecule is CCn1c(-c2cccnc2[C@H](C)OC)c2c3cc(ccc31)-c1csc(n1)C[C@H](NC(=O)N1C[C@H](C)[C@H]1COC)C(=O)N1CCC[C@@](C)(N1)C(=O)OCC(C)(C)C2. The van der Waals surface area contributed by atoms with Crippen molar-refractivity contribution >= 4 is 40.1 Å². The van der Waals surface area contributed by atoms with Crippen molar-refractivity contribution in [1.82, 2.24) is 35.2 Å². The molecule has 300 valence electrons. The molecule has 2 N–H and O–H groups in total. The molecule has 0 aliphatic carbocycles. The first kappa shape index (κ1) is 39.8. The number of ether oxygens (including phenoxy) is 3. The Morgan fingerprint density at radius 3 is 2.73 bits per heavy atom. The number of thiazole rings is 1. The second-order valence-corrected chi connectivity index (χ2v) is 17.5. The molecule has 6 heterocycles. The first-order valence-electron chi connectivity index (χ1n) is 19.7. The molecule has 3 aliphatic heterocycles. The monoisotopic (exact) mass is 785 g/mol. The van der Waals surface area contributed by atoms with E-state index in [-0.39, 0.29) is 43.0 Å². The maximum Gasteiger partial charge on any atom is 0.327 e. The molecule has 14 heteroatoms. The number of benzene rings is 1. The van der Waals surface area contributed by atoms with E-state index in [1.54, 1.807) is 32.2 Å². The van der Waals surface area contributed by atoms with Crippen molar-refractivity contribution in [3.63, 3.8) is 0 Å². The number of hydrazine groups is 1. The molecule has 3 aliphatic rings. The Balaban J connectivity index is 1.34. The molecule has 6 bridgehead atoms. The van der Waals surface area contributed by atoms with Crippen LogP contribution in [0.1, 0.15) is 76.8 Å². The van der Waals surface area contributed by atoms with E-state index in [2.05, 4.69) is 67.3 Å². The third-order valence-electron chi connectivity index (χ3n) is 11.7. The average molecular weight is 786 g/mol. The largest absolute Gasteiger partial charge is 0.464 e. The van der Waals surface area contributed by atoms with Gasteiger partial charge in [0.2, 0.25) is 0 Å². The Bertz CT molecular complexity index is 2110. The van der Waals surface area contributed by atoms with E-state index in [9.17, 15) is 14.4 Å². The number of rotatable bonds is 7. The molecule has 2 saturated heterocycles. The highest BCUT2D eigenvalue weighted by Crippen LogP contribution is 2.42. The van der Waals surface area contributed by atoms with Crippen molar-refractivity contribution in [2.24, 2.45) is 11.3 Å². The van der Waals surface area contributed by atoms with Gasteiger partial charge in [-0.25, -0.2) is 20.0 Å². The number of pyridine rings is 1. The quantitative estimate of drug-likeness (QED) is 0.211. The number of carbonyl (C=O) groups is 3. The minimum atomic E-state index is -1.14. The number of aromatic nitrogens is 3. The smallest absolute Gasteiger partial charge is 0.327 e. The molecule has 2 fully saturated rings. The molecule has 0 unspecified atom stereocenters. The molecule has 5 atom stereocenters. The second kappa shape index (κ2) is 15.9.